The lowest BCUT2D eigenvalue weighted by Gasteiger charge is -2.36. The number of rotatable bonds is 6. The third kappa shape index (κ3) is 4.49. The molecule has 4 aromatic rings. The van der Waals surface area contributed by atoms with E-state index in [-0.39, 0.29) is 18.0 Å². The fraction of sp³-hybridized carbons (Fsp3) is 0.320. The third-order valence-corrected chi connectivity index (χ3v) is 7.04. The summed E-state index contributed by atoms with van der Waals surface area (Å²) in [6.07, 6.45) is 0.946. The van der Waals surface area contributed by atoms with E-state index in [0.717, 1.165) is 49.9 Å². The quantitative estimate of drug-likeness (QED) is 0.381. The zero-order valence-electron chi connectivity index (χ0n) is 18.2. The van der Waals surface area contributed by atoms with Crippen LogP contribution in [0, 0.1) is 0 Å². The molecule has 0 unspecified atom stereocenters. The molecule has 0 bridgehead atoms. The van der Waals surface area contributed by atoms with E-state index in [9.17, 15) is 4.79 Å². The number of nitrogens with zero attached hydrogens (tertiary/aromatic N) is 3. The van der Waals surface area contributed by atoms with E-state index in [0.29, 0.717) is 12.5 Å². The van der Waals surface area contributed by atoms with Gasteiger partial charge < -0.3 is 9.64 Å². The monoisotopic (exact) mass is 469 g/mol. The molecular formula is C25H28ClN3O2S. The first-order valence-corrected chi connectivity index (χ1v) is 11.7. The van der Waals surface area contributed by atoms with Crippen LogP contribution < -0.4 is 15.2 Å². The van der Waals surface area contributed by atoms with E-state index in [1.807, 2.05) is 41.7 Å². The highest BCUT2D eigenvalue weighted by Gasteiger charge is 2.18. The second-order valence-electron chi connectivity index (χ2n) is 8.07. The summed E-state index contributed by atoms with van der Waals surface area (Å²) in [5.41, 5.74) is 1.35. The number of anilines is 1. The summed E-state index contributed by atoms with van der Waals surface area (Å²) in [5.74, 6) is 0.636. The number of pyridine rings is 1. The Labute approximate surface area is 198 Å². The zero-order valence-corrected chi connectivity index (χ0v) is 19.8. The van der Waals surface area contributed by atoms with Gasteiger partial charge in [0.05, 0.1) is 6.61 Å². The molecule has 0 N–H and O–H groups in total. The van der Waals surface area contributed by atoms with E-state index in [1.54, 1.807) is 11.6 Å². The molecule has 7 heteroatoms. The van der Waals surface area contributed by atoms with Gasteiger partial charge in [-0.2, -0.15) is 0 Å². The molecule has 5 rings (SSSR count). The van der Waals surface area contributed by atoms with Crippen LogP contribution >= 0.6 is 23.7 Å². The van der Waals surface area contributed by atoms with Gasteiger partial charge in [0.25, 0.3) is 5.56 Å². The number of benzene rings is 2. The van der Waals surface area contributed by atoms with E-state index in [1.165, 1.54) is 15.8 Å². The Morgan fingerprint density at radius 3 is 2.62 bits per heavy atom. The van der Waals surface area contributed by atoms with Crippen LogP contribution in [0.2, 0.25) is 0 Å². The molecule has 0 atom stereocenters. The average Bonchev–Trinajstić information content (AvgIpc) is 3.29. The SMILES string of the molecule is Cl.Cn1c(OCCCN2CCN(c3cccc4sccc34)CC2)cc2ccccc2c1=O. The van der Waals surface area contributed by atoms with Crippen molar-refractivity contribution in [3.8, 4) is 5.88 Å². The minimum Gasteiger partial charge on any atom is -0.479 e. The van der Waals surface area contributed by atoms with E-state index in [2.05, 4.69) is 39.4 Å². The summed E-state index contributed by atoms with van der Waals surface area (Å²) >= 11 is 1.81. The molecule has 1 aliphatic heterocycles. The van der Waals surface area contributed by atoms with Crippen molar-refractivity contribution in [2.24, 2.45) is 7.05 Å². The number of thiophene rings is 1. The van der Waals surface area contributed by atoms with Crippen molar-refractivity contribution in [3.05, 3.63) is 70.3 Å². The average molecular weight is 470 g/mol. The van der Waals surface area contributed by atoms with Crippen molar-refractivity contribution < 1.29 is 4.74 Å². The molecule has 0 saturated carbocycles. The van der Waals surface area contributed by atoms with Gasteiger partial charge in [-0.3, -0.25) is 14.3 Å². The van der Waals surface area contributed by atoms with Crippen LogP contribution in [0.5, 0.6) is 5.88 Å². The van der Waals surface area contributed by atoms with Crippen molar-refractivity contribution in [1.82, 2.24) is 9.47 Å². The minimum atomic E-state index is -0.00939. The Bertz CT molecular complexity index is 1260. The second-order valence-corrected chi connectivity index (χ2v) is 9.02. The first-order valence-electron chi connectivity index (χ1n) is 10.9. The van der Waals surface area contributed by atoms with Crippen LogP contribution in [-0.2, 0) is 7.05 Å². The van der Waals surface area contributed by atoms with Gasteiger partial charge in [0, 0.05) is 67.0 Å². The topological polar surface area (TPSA) is 37.7 Å². The van der Waals surface area contributed by atoms with Gasteiger partial charge in [-0.25, -0.2) is 0 Å². The number of piperazine rings is 1. The molecule has 0 spiro atoms. The van der Waals surface area contributed by atoms with Gasteiger partial charge in [-0.05, 0) is 41.5 Å². The van der Waals surface area contributed by atoms with Gasteiger partial charge in [-0.1, -0.05) is 24.3 Å². The Kier molecular flexibility index (Phi) is 7.04. The van der Waals surface area contributed by atoms with E-state index >= 15 is 0 Å². The molecule has 1 fully saturated rings. The predicted octanol–water partition coefficient (Wildman–Crippen LogP) is 4.77. The maximum absolute atomic E-state index is 12.5. The number of ether oxygens (including phenoxy) is 1. The molecule has 3 heterocycles. The summed E-state index contributed by atoms with van der Waals surface area (Å²) in [6.45, 7) is 5.85. The molecule has 1 saturated heterocycles. The van der Waals surface area contributed by atoms with Crippen LogP contribution in [0.15, 0.2) is 64.8 Å². The van der Waals surface area contributed by atoms with Crippen LogP contribution in [0.4, 0.5) is 5.69 Å². The molecule has 2 aromatic carbocycles. The molecule has 0 aliphatic carbocycles. The van der Waals surface area contributed by atoms with Gasteiger partial charge in [0.1, 0.15) is 0 Å². The molecule has 0 radical (unpaired) electrons. The van der Waals surface area contributed by atoms with Gasteiger partial charge >= 0.3 is 0 Å². The molecule has 0 amide bonds. The summed E-state index contributed by atoms with van der Waals surface area (Å²) in [4.78, 5) is 17.5. The summed E-state index contributed by atoms with van der Waals surface area (Å²) in [5, 5.41) is 5.21. The lowest BCUT2D eigenvalue weighted by molar-refractivity contribution is 0.218. The Morgan fingerprint density at radius 2 is 1.78 bits per heavy atom. The number of hydrogen-bond donors (Lipinski definition) is 0. The Hall–Kier alpha value is -2.54. The van der Waals surface area contributed by atoms with Crippen molar-refractivity contribution in [3.63, 3.8) is 0 Å². The molecule has 168 valence electrons. The molecule has 5 nitrogen and oxygen atoms in total. The maximum Gasteiger partial charge on any atom is 0.260 e. The summed E-state index contributed by atoms with van der Waals surface area (Å²) in [7, 11) is 1.78. The van der Waals surface area contributed by atoms with Crippen LogP contribution in [-0.4, -0.2) is 48.8 Å². The lowest BCUT2D eigenvalue weighted by atomic mass is 10.2. The van der Waals surface area contributed by atoms with E-state index < -0.39 is 0 Å². The second kappa shape index (κ2) is 9.94. The van der Waals surface area contributed by atoms with Crippen molar-refractivity contribution >= 4 is 50.3 Å². The first kappa shape index (κ1) is 22.6. The minimum absolute atomic E-state index is 0. The highest BCUT2D eigenvalue weighted by molar-refractivity contribution is 7.17. The van der Waals surface area contributed by atoms with Gasteiger partial charge in [0.2, 0.25) is 0 Å². The number of fused-ring (bicyclic) bond motifs is 2. The van der Waals surface area contributed by atoms with Crippen LogP contribution in [0.1, 0.15) is 6.42 Å². The fourth-order valence-electron chi connectivity index (χ4n) is 4.40. The number of hydrogen-bond acceptors (Lipinski definition) is 5. The summed E-state index contributed by atoms with van der Waals surface area (Å²) < 4.78 is 8.94. The van der Waals surface area contributed by atoms with Crippen molar-refractivity contribution in [2.75, 3.05) is 44.2 Å². The third-order valence-electron chi connectivity index (χ3n) is 6.16. The summed E-state index contributed by atoms with van der Waals surface area (Å²) in [6, 6.07) is 18.5. The largest absolute Gasteiger partial charge is 0.479 e. The maximum atomic E-state index is 12.5. The smallest absolute Gasteiger partial charge is 0.260 e. The normalized spacial score (nSPS) is 14.6. The zero-order chi connectivity index (χ0) is 21.2. The van der Waals surface area contributed by atoms with Crippen LogP contribution in [0.25, 0.3) is 20.9 Å². The molecule has 2 aromatic heterocycles. The van der Waals surface area contributed by atoms with Crippen molar-refractivity contribution in [2.45, 2.75) is 6.42 Å². The van der Waals surface area contributed by atoms with Crippen molar-refractivity contribution in [1.29, 1.82) is 0 Å². The Morgan fingerprint density at radius 1 is 0.969 bits per heavy atom. The highest BCUT2D eigenvalue weighted by atomic mass is 35.5. The predicted molar refractivity (Wildman–Crippen MR) is 137 cm³/mol. The van der Waals surface area contributed by atoms with E-state index in [4.69, 9.17) is 4.74 Å². The number of aromatic nitrogens is 1. The first-order chi connectivity index (χ1) is 15.2. The molecule has 1 aliphatic rings. The lowest BCUT2D eigenvalue weighted by Crippen LogP contribution is -2.46. The molecular weight excluding hydrogens is 442 g/mol. The van der Waals surface area contributed by atoms with Gasteiger partial charge in [-0.15, -0.1) is 23.7 Å². The highest BCUT2D eigenvalue weighted by Crippen LogP contribution is 2.31. The Balaban J connectivity index is 0.00000245. The molecule has 32 heavy (non-hydrogen) atoms. The standard InChI is InChI=1S/C25H27N3O2S.ClH/c1-26-24(18-19-6-2-3-7-20(19)25(26)29)30-16-5-11-27-12-14-28(15-13-27)22-8-4-9-23-21(22)10-17-31-23;/h2-4,6-10,17-18H,5,11-16H2,1H3;1H. The number of halogens is 1. The van der Waals surface area contributed by atoms with Gasteiger partial charge in [0.15, 0.2) is 5.88 Å². The van der Waals surface area contributed by atoms with Crippen LogP contribution in [0.3, 0.4) is 0 Å². The fourth-order valence-corrected chi connectivity index (χ4v) is 5.21.